The maximum absolute atomic E-state index is 5.63. The van der Waals surface area contributed by atoms with E-state index in [4.69, 9.17) is 4.74 Å². The average Bonchev–Trinajstić information content (AvgIpc) is 2.66. The predicted molar refractivity (Wildman–Crippen MR) is 69.7 cm³/mol. The van der Waals surface area contributed by atoms with Crippen molar-refractivity contribution in [3.8, 4) is 0 Å². The third-order valence-corrected chi connectivity index (χ3v) is 3.23. The Kier molecular flexibility index (Phi) is 5.77. The fourth-order valence-electron chi connectivity index (χ4n) is 2.15. The van der Waals surface area contributed by atoms with Crippen molar-refractivity contribution in [1.29, 1.82) is 0 Å². The Balaban J connectivity index is 1.99. The zero-order valence-corrected chi connectivity index (χ0v) is 11.5. The van der Waals surface area contributed by atoms with Gasteiger partial charge in [0, 0.05) is 12.1 Å². The van der Waals surface area contributed by atoms with Crippen LogP contribution in [0.15, 0.2) is 0 Å². The molecule has 0 bridgehead atoms. The minimum Gasteiger partial charge on any atom is -0.378 e. The second-order valence-electron chi connectivity index (χ2n) is 6.30. The number of hydrogen-bond donors (Lipinski definition) is 1. The van der Waals surface area contributed by atoms with Gasteiger partial charge in [-0.3, -0.25) is 0 Å². The first-order chi connectivity index (χ1) is 7.47. The molecule has 0 spiro atoms. The predicted octanol–water partition coefficient (Wildman–Crippen LogP) is 3.36. The van der Waals surface area contributed by atoms with E-state index in [0.29, 0.717) is 6.10 Å². The van der Waals surface area contributed by atoms with Crippen molar-refractivity contribution >= 4 is 0 Å². The lowest BCUT2D eigenvalue weighted by atomic mass is 10.00. The summed E-state index contributed by atoms with van der Waals surface area (Å²) >= 11 is 0. The average molecular weight is 227 g/mol. The summed E-state index contributed by atoms with van der Waals surface area (Å²) in [5, 5.41) is 3.57. The highest BCUT2D eigenvalue weighted by atomic mass is 16.5. The lowest BCUT2D eigenvalue weighted by molar-refractivity contribution is 0.101. The van der Waals surface area contributed by atoms with E-state index in [2.05, 4.69) is 33.0 Å². The van der Waals surface area contributed by atoms with E-state index in [9.17, 15) is 0 Å². The van der Waals surface area contributed by atoms with Crippen molar-refractivity contribution in [3.05, 3.63) is 0 Å². The number of rotatable bonds is 6. The summed E-state index contributed by atoms with van der Waals surface area (Å²) < 4.78 is 5.63. The molecule has 16 heavy (non-hydrogen) atoms. The van der Waals surface area contributed by atoms with Crippen LogP contribution in [0.1, 0.15) is 59.8 Å². The van der Waals surface area contributed by atoms with Crippen molar-refractivity contribution in [2.45, 2.75) is 71.4 Å². The van der Waals surface area contributed by atoms with Gasteiger partial charge in [0.15, 0.2) is 0 Å². The number of hydrogen-bond acceptors (Lipinski definition) is 2. The first-order valence-corrected chi connectivity index (χ1v) is 6.84. The summed E-state index contributed by atoms with van der Waals surface area (Å²) in [6.45, 7) is 11.2. The molecular formula is C14H29NO. The zero-order valence-electron chi connectivity index (χ0n) is 11.5. The summed E-state index contributed by atoms with van der Waals surface area (Å²) in [5.41, 5.74) is 0.253. The molecule has 2 unspecified atom stereocenters. The van der Waals surface area contributed by atoms with Crippen LogP contribution in [-0.2, 0) is 4.74 Å². The Morgan fingerprint density at radius 3 is 2.69 bits per heavy atom. The van der Waals surface area contributed by atoms with Gasteiger partial charge in [-0.25, -0.2) is 0 Å². The minimum atomic E-state index is 0.253. The summed E-state index contributed by atoms with van der Waals surface area (Å²) in [5.74, 6) is 0.778. The summed E-state index contributed by atoms with van der Waals surface area (Å²) in [7, 11) is 0. The van der Waals surface area contributed by atoms with Crippen LogP contribution in [0.4, 0.5) is 0 Å². The van der Waals surface area contributed by atoms with Crippen LogP contribution >= 0.6 is 0 Å². The number of nitrogens with one attached hydrogen (secondary N) is 1. The SMILES string of the molecule is CC(CCCC1CCCO1)CNC(C)(C)C. The molecule has 1 rings (SSSR count). The molecule has 1 aliphatic rings. The molecule has 0 aromatic rings. The Labute approximate surface area is 101 Å². The first-order valence-electron chi connectivity index (χ1n) is 6.84. The molecule has 2 atom stereocenters. The second-order valence-corrected chi connectivity index (χ2v) is 6.30. The zero-order chi connectivity index (χ0) is 12.0. The molecule has 0 aromatic carbocycles. The van der Waals surface area contributed by atoms with Crippen LogP contribution in [-0.4, -0.2) is 24.8 Å². The van der Waals surface area contributed by atoms with Crippen molar-refractivity contribution in [2.24, 2.45) is 5.92 Å². The van der Waals surface area contributed by atoms with Crippen molar-refractivity contribution in [1.82, 2.24) is 5.32 Å². The van der Waals surface area contributed by atoms with E-state index in [1.165, 1.54) is 32.1 Å². The summed E-state index contributed by atoms with van der Waals surface area (Å²) in [4.78, 5) is 0. The lowest BCUT2D eigenvalue weighted by Gasteiger charge is -2.23. The van der Waals surface area contributed by atoms with Gasteiger partial charge in [-0.2, -0.15) is 0 Å². The van der Waals surface area contributed by atoms with Crippen LogP contribution < -0.4 is 5.32 Å². The fraction of sp³-hybridized carbons (Fsp3) is 1.00. The van der Waals surface area contributed by atoms with Crippen LogP contribution in [0.2, 0.25) is 0 Å². The lowest BCUT2D eigenvalue weighted by Crippen LogP contribution is -2.38. The van der Waals surface area contributed by atoms with Gasteiger partial charge in [0.05, 0.1) is 6.10 Å². The van der Waals surface area contributed by atoms with Crippen molar-refractivity contribution in [2.75, 3.05) is 13.2 Å². The summed E-state index contributed by atoms with van der Waals surface area (Å²) in [6.07, 6.45) is 7.03. The highest BCUT2D eigenvalue weighted by Crippen LogP contribution is 2.19. The minimum absolute atomic E-state index is 0.253. The van der Waals surface area contributed by atoms with E-state index < -0.39 is 0 Å². The molecule has 1 saturated heterocycles. The number of ether oxygens (including phenoxy) is 1. The topological polar surface area (TPSA) is 21.3 Å². The van der Waals surface area contributed by atoms with Gasteiger partial charge in [0.1, 0.15) is 0 Å². The fourth-order valence-corrected chi connectivity index (χ4v) is 2.15. The van der Waals surface area contributed by atoms with Gasteiger partial charge in [0.25, 0.3) is 0 Å². The van der Waals surface area contributed by atoms with E-state index in [-0.39, 0.29) is 5.54 Å². The van der Waals surface area contributed by atoms with Gasteiger partial charge in [-0.15, -0.1) is 0 Å². The maximum Gasteiger partial charge on any atom is 0.0576 e. The van der Waals surface area contributed by atoms with Gasteiger partial charge in [0.2, 0.25) is 0 Å². The molecule has 0 aliphatic carbocycles. The highest BCUT2D eigenvalue weighted by molar-refractivity contribution is 4.72. The molecule has 0 radical (unpaired) electrons. The van der Waals surface area contributed by atoms with Gasteiger partial charge in [-0.05, 0) is 58.9 Å². The van der Waals surface area contributed by atoms with E-state index in [1.807, 2.05) is 0 Å². The third kappa shape index (κ3) is 6.49. The van der Waals surface area contributed by atoms with E-state index in [1.54, 1.807) is 0 Å². The van der Waals surface area contributed by atoms with Crippen molar-refractivity contribution < 1.29 is 4.74 Å². The molecule has 96 valence electrons. The molecule has 1 N–H and O–H groups in total. The highest BCUT2D eigenvalue weighted by Gasteiger charge is 2.16. The summed E-state index contributed by atoms with van der Waals surface area (Å²) in [6, 6.07) is 0. The molecular weight excluding hydrogens is 198 g/mol. The monoisotopic (exact) mass is 227 g/mol. The molecule has 1 aliphatic heterocycles. The quantitative estimate of drug-likeness (QED) is 0.751. The van der Waals surface area contributed by atoms with Gasteiger partial charge >= 0.3 is 0 Å². The molecule has 2 nitrogen and oxygen atoms in total. The van der Waals surface area contributed by atoms with Crippen LogP contribution in [0.3, 0.4) is 0 Å². The molecule has 0 saturated carbocycles. The Hall–Kier alpha value is -0.0800. The first kappa shape index (κ1) is 14.0. The van der Waals surface area contributed by atoms with Gasteiger partial charge in [-0.1, -0.05) is 13.3 Å². The van der Waals surface area contributed by atoms with E-state index >= 15 is 0 Å². The molecule has 1 heterocycles. The van der Waals surface area contributed by atoms with Crippen LogP contribution in [0.25, 0.3) is 0 Å². The maximum atomic E-state index is 5.63. The van der Waals surface area contributed by atoms with E-state index in [0.717, 1.165) is 19.1 Å². The molecule has 1 fully saturated rings. The normalized spacial score (nSPS) is 23.6. The Morgan fingerprint density at radius 1 is 1.38 bits per heavy atom. The van der Waals surface area contributed by atoms with Crippen LogP contribution in [0, 0.1) is 5.92 Å². The Bertz CT molecular complexity index is 180. The standard InChI is InChI=1S/C14H29NO/c1-12(11-15-14(2,3)4)7-5-8-13-9-6-10-16-13/h12-13,15H,5-11H2,1-4H3. The largest absolute Gasteiger partial charge is 0.378 e. The van der Waals surface area contributed by atoms with Crippen molar-refractivity contribution in [3.63, 3.8) is 0 Å². The molecule has 2 heteroatoms. The third-order valence-electron chi connectivity index (χ3n) is 3.23. The Morgan fingerprint density at radius 2 is 2.12 bits per heavy atom. The smallest absolute Gasteiger partial charge is 0.0576 e. The molecule has 0 aromatic heterocycles. The second kappa shape index (κ2) is 6.61. The molecule has 0 amide bonds. The van der Waals surface area contributed by atoms with Crippen LogP contribution in [0.5, 0.6) is 0 Å². The van der Waals surface area contributed by atoms with Gasteiger partial charge < -0.3 is 10.1 Å².